The Balaban J connectivity index is 1.88. The molecule has 0 saturated heterocycles. The molecule has 0 aliphatic heterocycles. The van der Waals surface area contributed by atoms with Crippen molar-refractivity contribution in [1.29, 1.82) is 0 Å². The Kier molecular flexibility index (Phi) is 4.43. The van der Waals surface area contributed by atoms with E-state index in [-0.39, 0.29) is 17.9 Å². The molecule has 0 radical (unpaired) electrons. The smallest absolute Gasteiger partial charge is 0.339 e. The Bertz CT molecular complexity index is 895. The molecule has 7 heteroatoms. The van der Waals surface area contributed by atoms with E-state index in [9.17, 15) is 14.3 Å². The molecule has 0 bridgehead atoms. The third-order valence-corrected chi connectivity index (χ3v) is 4.04. The summed E-state index contributed by atoms with van der Waals surface area (Å²) in [7, 11) is 0. The molecule has 0 amide bonds. The molecule has 0 aliphatic rings. The van der Waals surface area contributed by atoms with Crippen molar-refractivity contribution in [3.8, 4) is 17.0 Å². The third-order valence-electron chi connectivity index (χ3n) is 3.37. The van der Waals surface area contributed by atoms with Crippen LogP contribution in [0.25, 0.3) is 11.3 Å². The van der Waals surface area contributed by atoms with Gasteiger partial charge in [-0.3, -0.25) is 0 Å². The van der Waals surface area contributed by atoms with Crippen molar-refractivity contribution in [1.82, 2.24) is 4.98 Å². The fourth-order valence-electron chi connectivity index (χ4n) is 2.17. The Hall–Kier alpha value is -2.93. The monoisotopic (exact) mass is 344 g/mol. The van der Waals surface area contributed by atoms with Crippen LogP contribution in [0.5, 0.6) is 5.75 Å². The van der Waals surface area contributed by atoms with Crippen LogP contribution >= 0.6 is 11.3 Å². The van der Waals surface area contributed by atoms with E-state index in [2.05, 4.69) is 4.98 Å². The van der Waals surface area contributed by atoms with Gasteiger partial charge >= 0.3 is 5.97 Å². The lowest BCUT2D eigenvalue weighted by molar-refractivity contribution is 0.0692. The number of carboxylic acids is 1. The van der Waals surface area contributed by atoms with Gasteiger partial charge in [0.1, 0.15) is 23.7 Å². The molecule has 0 fully saturated rings. The van der Waals surface area contributed by atoms with E-state index in [1.807, 2.05) is 0 Å². The third kappa shape index (κ3) is 3.36. The largest absolute Gasteiger partial charge is 0.488 e. The molecule has 0 aliphatic carbocycles. The van der Waals surface area contributed by atoms with E-state index in [0.717, 1.165) is 0 Å². The molecule has 0 atom stereocenters. The first-order chi connectivity index (χ1) is 11.5. The summed E-state index contributed by atoms with van der Waals surface area (Å²) in [6.07, 6.45) is 0. The van der Waals surface area contributed by atoms with Crippen molar-refractivity contribution in [2.45, 2.75) is 6.61 Å². The van der Waals surface area contributed by atoms with Gasteiger partial charge in [0.25, 0.3) is 0 Å². The minimum atomic E-state index is -1.14. The average molecular weight is 344 g/mol. The molecule has 0 unspecified atom stereocenters. The number of carboxylic acid groups (broad SMARTS) is 1. The summed E-state index contributed by atoms with van der Waals surface area (Å²) in [4.78, 5) is 15.6. The Morgan fingerprint density at radius 2 is 2.08 bits per heavy atom. The lowest BCUT2D eigenvalue weighted by Crippen LogP contribution is -2.05. The summed E-state index contributed by atoms with van der Waals surface area (Å²) in [5.41, 5.74) is 7.16. The van der Waals surface area contributed by atoms with Crippen molar-refractivity contribution in [3.05, 3.63) is 64.8 Å². The van der Waals surface area contributed by atoms with E-state index in [0.29, 0.717) is 22.0 Å². The van der Waals surface area contributed by atoms with Gasteiger partial charge in [0, 0.05) is 16.5 Å². The minimum Gasteiger partial charge on any atom is -0.488 e. The van der Waals surface area contributed by atoms with Crippen molar-refractivity contribution >= 4 is 22.4 Å². The summed E-state index contributed by atoms with van der Waals surface area (Å²) >= 11 is 1.27. The highest BCUT2D eigenvalue weighted by Crippen LogP contribution is 2.29. The molecule has 122 valence electrons. The normalized spacial score (nSPS) is 10.5. The Labute approximate surface area is 141 Å². The second-order valence-corrected chi connectivity index (χ2v) is 5.86. The molecule has 0 spiro atoms. The van der Waals surface area contributed by atoms with Gasteiger partial charge in [0.2, 0.25) is 0 Å². The number of hydrogen-bond acceptors (Lipinski definition) is 5. The number of nitrogen functional groups attached to an aromatic ring is 1. The molecule has 5 nitrogen and oxygen atoms in total. The number of nitrogens with zero attached hydrogens (tertiary/aromatic N) is 1. The number of ether oxygens (including phenoxy) is 1. The van der Waals surface area contributed by atoms with E-state index >= 15 is 0 Å². The predicted molar refractivity (Wildman–Crippen MR) is 89.7 cm³/mol. The fourth-order valence-corrected chi connectivity index (χ4v) is 2.75. The van der Waals surface area contributed by atoms with Crippen LogP contribution in [0.15, 0.2) is 47.8 Å². The summed E-state index contributed by atoms with van der Waals surface area (Å²) in [6, 6.07) is 10.9. The van der Waals surface area contributed by atoms with Crippen LogP contribution in [-0.4, -0.2) is 16.1 Å². The van der Waals surface area contributed by atoms with Crippen LogP contribution in [0, 0.1) is 5.82 Å². The molecule has 24 heavy (non-hydrogen) atoms. The van der Waals surface area contributed by atoms with Crippen LogP contribution in [-0.2, 0) is 6.61 Å². The van der Waals surface area contributed by atoms with Crippen molar-refractivity contribution in [3.63, 3.8) is 0 Å². The van der Waals surface area contributed by atoms with E-state index in [4.69, 9.17) is 10.5 Å². The highest BCUT2D eigenvalue weighted by Gasteiger charge is 2.15. The maximum atomic E-state index is 13.6. The van der Waals surface area contributed by atoms with Gasteiger partial charge in [-0.2, -0.15) is 0 Å². The van der Waals surface area contributed by atoms with Crippen molar-refractivity contribution in [2.24, 2.45) is 0 Å². The van der Waals surface area contributed by atoms with Crippen LogP contribution in [0.4, 0.5) is 9.52 Å². The van der Waals surface area contributed by atoms with Crippen molar-refractivity contribution < 1.29 is 19.0 Å². The molecule has 3 N–H and O–H groups in total. The van der Waals surface area contributed by atoms with Gasteiger partial charge in [0.15, 0.2) is 5.13 Å². The highest BCUT2D eigenvalue weighted by atomic mass is 32.1. The number of rotatable bonds is 5. The number of anilines is 1. The first-order valence-electron chi connectivity index (χ1n) is 6.99. The predicted octanol–water partition coefficient (Wildman–Crippen LogP) is 3.81. The highest BCUT2D eigenvalue weighted by molar-refractivity contribution is 7.13. The molecular formula is C17H13FN2O3S. The van der Waals surface area contributed by atoms with E-state index in [1.165, 1.54) is 29.5 Å². The zero-order valence-corrected chi connectivity index (χ0v) is 13.2. The number of thiazole rings is 1. The van der Waals surface area contributed by atoms with Crippen LogP contribution in [0.2, 0.25) is 0 Å². The molecule has 3 rings (SSSR count). The second kappa shape index (κ2) is 6.67. The van der Waals surface area contributed by atoms with E-state index in [1.54, 1.807) is 29.6 Å². The number of aromatic carboxylic acids is 1. The fraction of sp³-hybridized carbons (Fsp3) is 0.0588. The van der Waals surface area contributed by atoms with Crippen LogP contribution < -0.4 is 10.5 Å². The molecule has 2 aromatic carbocycles. The molecule has 0 saturated carbocycles. The number of hydrogen-bond donors (Lipinski definition) is 2. The maximum absolute atomic E-state index is 13.6. The van der Waals surface area contributed by atoms with Gasteiger partial charge in [0.05, 0.1) is 5.69 Å². The Morgan fingerprint density at radius 3 is 2.75 bits per heavy atom. The summed E-state index contributed by atoms with van der Waals surface area (Å²) in [5, 5.41) is 11.5. The maximum Gasteiger partial charge on any atom is 0.339 e. The first kappa shape index (κ1) is 15.9. The summed E-state index contributed by atoms with van der Waals surface area (Å²) < 4.78 is 19.1. The summed E-state index contributed by atoms with van der Waals surface area (Å²) in [6.45, 7) is -0.0596. The first-order valence-corrected chi connectivity index (χ1v) is 7.87. The van der Waals surface area contributed by atoms with Crippen molar-refractivity contribution in [2.75, 3.05) is 5.73 Å². The number of nitrogens with two attached hydrogens (primary N) is 1. The van der Waals surface area contributed by atoms with E-state index < -0.39 is 11.8 Å². The molecule has 3 aromatic rings. The topological polar surface area (TPSA) is 85.4 Å². The van der Waals surface area contributed by atoms with Gasteiger partial charge < -0.3 is 15.6 Å². The average Bonchev–Trinajstić information content (AvgIpc) is 3.00. The SMILES string of the molecule is Nc1nc(-c2ccc(OCc3ccccc3F)c(C(=O)O)c2)cs1. The standard InChI is InChI=1S/C17H13FN2O3S/c18-13-4-2-1-3-11(13)8-23-15-6-5-10(7-12(15)16(21)22)14-9-24-17(19)20-14/h1-7,9H,8H2,(H2,19,20)(H,21,22). The van der Waals surface area contributed by atoms with Gasteiger partial charge in [-0.25, -0.2) is 14.2 Å². The van der Waals surface area contributed by atoms with Gasteiger partial charge in [-0.1, -0.05) is 18.2 Å². The number of aromatic nitrogens is 1. The number of carbonyl (C=O) groups is 1. The quantitative estimate of drug-likeness (QED) is 0.735. The molecule has 1 aromatic heterocycles. The molecule has 1 heterocycles. The minimum absolute atomic E-state index is 0.0181. The van der Waals surface area contributed by atoms with Crippen LogP contribution in [0.1, 0.15) is 15.9 Å². The lowest BCUT2D eigenvalue weighted by Gasteiger charge is -2.11. The lowest BCUT2D eigenvalue weighted by atomic mass is 10.1. The number of benzene rings is 2. The second-order valence-electron chi connectivity index (χ2n) is 4.97. The van der Waals surface area contributed by atoms with Gasteiger partial charge in [-0.05, 0) is 24.3 Å². The zero-order chi connectivity index (χ0) is 17.1. The van der Waals surface area contributed by atoms with Crippen LogP contribution in [0.3, 0.4) is 0 Å². The summed E-state index contributed by atoms with van der Waals surface area (Å²) in [5.74, 6) is -1.37. The zero-order valence-electron chi connectivity index (χ0n) is 12.4. The van der Waals surface area contributed by atoms with Gasteiger partial charge in [-0.15, -0.1) is 11.3 Å². The number of halogens is 1. The molecular weight excluding hydrogens is 331 g/mol. The Morgan fingerprint density at radius 1 is 1.29 bits per heavy atom.